The van der Waals surface area contributed by atoms with Gasteiger partial charge < -0.3 is 14.5 Å². The summed E-state index contributed by atoms with van der Waals surface area (Å²) in [4.78, 5) is 11.8. The van der Waals surface area contributed by atoms with Crippen LogP contribution in [0.2, 0.25) is 5.02 Å². The molecule has 11 heteroatoms. The third-order valence-electron chi connectivity index (χ3n) is 5.17. The molecule has 186 valence electrons. The zero-order valence-corrected chi connectivity index (χ0v) is 20.4. The Bertz CT molecular complexity index is 1450. The summed E-state index contributed by atoms with van der Waals surface area (Å²) in [5, 5.41) is 7.11. The Morgan fingerprint density at radius 1 is 1.14 bits per heavy atom. The number of nitrogens with one attached hydrogen (secondary N) is 1. The predicted octanol–water partition coefficient (Wildman–Crippen LogP) is 7.23. The summed E-state index contributed by atoms with van der Waals surface area (Å²) < 4.78 is 51.8. The average molecular weight is 534 g/mol. The molecule has 1 heterocycles. The van der Waals surface area contributed by atoms with Gasteiger partial charge in [-0.25, -0.2) is 4.68 Å². The number of ketones is 1. The number of rotatable bonds is 8. The number of carbonyl (C=O) groups excluding carboxylic acids is 1. The Morgan fingerprint density at radius 2 is 1.86 bits per heavy atom. The van der Waals surface area contributed by atoms with Crippen LogP contribution < -0.4 is 10.1 Å². The molecule has 0 saturated carbocycles. The maximum Gasteiger partial charge on any atom is 0.454 e. The Kier molecular flexibility index (Phi) is 7.46. The van der Waals surface area contributed by atoms with E-state index in [4.69, 9.17) is 33.0 Å². The van der Waals surface area contributed by atoms with E-state index in [9.17, 15) is 18.0 Å². The van der Waals surface area contributed by atoms with E-state index in [1.165, 1.54) is 16.8 Å². The molecule has 0 fully saturated rings. The lowest BCUT2D eigenvalue weighted by molar-refractivity contribution is -0.0884. The number of nitrogens with zero attached hydrogens (tertiary/aromatic N) is 2. The minimum atomic E-state index is -5.05. The van der Waals surface area contributed by atoms with E-state index in [0.717, 1.165) is 17.2 Å². The van der Waals surface area contributed by atoms with Crippen molar-refractivity contribution in [3.8, 4) is 17.2 Å². The van der Waals surface area contributed by atoms with Crippen LogP contribution in [0.5, 0.6) is 5.75 Å². The lowest BCUT2D eigenvalue weighted by Crippen LogP contribution is -2.24. The number of hydrogen-bond acceptors (Lipinski definition) is 6. The fourth-order valence-electron chi connectivity index (χ4n) is 3.34. The van der Waals surface area contributed by atoms with Crippen LogP contribution in [0.1, 0.15) is 21.5 Å². The van der Waals surface area contributed by atoms with Crippen molar-refractivity contribution in [3.05, 3.63) is 93.3 Å². The van der Waals surface area contributed by atoms with Crippen molar-refractivity contribution in [3.63, 3.8) is 0 Å². The van der Waals surface area contributed by atoms with Crippen LogP contribution in [0.25, 0.3) is 11.5 Å². The minimum absolute atomic E-state index is 0.00190. The summed E-state index contributed by atoms with van der Waals surface area (Å²) in [5.41, 5.74) is 1.88. The van der Waals surface area contributed by atoms with Crippen LogP contribution in [-0.2, 0) is 13.3 Å². The van der Waals surface area contributed by atoms with Gasteiger partial charge >= 0.3 is 6.18 Å². The molecule has 0 aliphatic carbocycles. The van der Waals surface area contributed by atoms with Crippen LogP contribution >= 0.6 is 23.8 Å². The van der Waals surface area contributed by atoms with E-state index >= 15 is 0 Å². The first-order valence-electron chi connectivity index (χ1n) is 10.6. The summed E-state index contributed by atoms with van der Waals surface area (Å²) in [7, 11) is 0. The number of hydrogen-bond donors (Lipinski definition) is 1. The van der Waals surface area contributed by atoms with Crippen molar-refractivity contribution in [2.45, 2.75) is 26.4 Å². The molecule has 6 nitrogen and oxygen atoms in total. The second kappa shape index (κ2) is 10.5. The third-order valence-corrected chi connectivity index (χ3v) is 5.70. The van der Waals surface area contributed by atoms with Gasteiger partial charge in [-0.3, -0.25) is 4.79 Å². The van der Waals surface area contributed by atoms with Crippen molar-refractivity contribution < 1.29 is 27.1 Å². The first-order chi connectivity index (χ1) is 17.1. The van der Waals surface area contributed by atoms with Crippen molar-refractivity contribution in [1.29, 1.82) is 0 Å². The molecule has 1 aromatic heterocycles. The maximum atomic E-state index is 13.0. The van der Waals surface area contributed by atoms with Gasteiger partial charge in [-0.15, -0.1) is 5.10 Å². The van der Waals surface area contributed by atoms with Crippen molar-refractivity contribution >= 4 is 35.3 Å². The number of benzene rings is 3. The van der Waals surface area contributed by atoms with E-state index < -0.39 is 17.5 Å². The van der Waals surface area contributed by atoms with Gasteiger partial charge in [0.1, 0.15) is 19.0 Å². The van der Waals surface area contributed by atoms with E-state index in [1.807, 2.05) is 49.4 Å². The molecule has 4 rings (SSSR count). The standard InChI is InChI=1S/C25H19ClF3N3O3S/c1-15-6-9-18(10-7-15)34-13-16-4-2-3-5-19(16)23-31-32(24(36)35-23)14-30-21-11-8-17(26)12-20(21)22(33)25(27,28)29/h2-12,30H,13-14H2,1H3. The highest BCUT2D eigenvalue weighted by atomic mass is 35.5. The fraction of sp³-hybridized carbons (Fsp3) is 0.160. The lowest BCUT2D eigenvalue weighted by Gasteiger charge is -2.13. The lowest BCUT2D eigenvalue weighted by atomic mass is 10.1. The summed E-state index contributed by atoms with van der Waals surface area (Å²) in [6.45, 7) is 2.09. The minimum Gasteiger partial charge on any atom is -0.489 e. The molecular weight excluding hydrogens is 515 g/mol. The summed E-state index contributed by atoms with van der Waals surface area (Å²) in [5.74, 6) is -1.09. The molecule has 0 spiro atoms. The molecule has 0 unspecified atom stereocenters. The number of alkyl halides is 3. The zero-order chi connectivity index (χ0) is 25.9. The van der Waals surface area contributed by atoms with E-state index in [2.05, 4.69) is 10.4 Å². The molecule has 0 radical (unpaired) electrons. The van der Waals surface area contributed by atoms with Crippen LogP contribution in [0, 0.1) is 11.8 Å². The number of Topliss-reactive ketones (excluding diaryl/α,β-unsaturated/α-hetero) is 1. The van der Waals surface area contributed by atoms with Gasteiger partial charge in [0, 0.05) is 21.8 Å². The van der Waals surface area contributed by atoms with Crippen LogP contribution in [-0.4, -0.2) is 21.7 Å². The van der Waals surface area contributed by atoms with Gasteiger partial charge in [0.15, 0.2) is 0 Å². The second-order valence-corrected chi connectivity index (χ2v) is 8.57. The third kappa shape index (κ3) is 5.95. The fourth-order valence-corrected chi connectivity index (χ4v) is 3.69. The topological polar surface area (TPSA) is 69.3 Å². The Labute approximate surface area is 214 Å². The monoisotopic (exact) mass is 533 g/mol. The molecule has 36 heavy (non-hydrogen) atoms. The normalized spacial score (nSPS) is 11.4. The van der Waals surface area contributed by atoms with Crippen molar-refractivity contribution in [1.82, 2.24) is 9.78 Å². The number of aromatic nitrogens is 2. The van der Waals surface area contributed by atoms with Gasteiger partial charge in [0.2, 0.25) is 5.89 Å². The number of carbonyl (C=O) groups is 1. The van der Waals surface area contributed by atoms with Gasteiger partial charge in [-0.05, 0) is 55.5 Å². The summed E-state index contributed by atoms with van der Waals surface area (Å²) in [6.07, 6.45) is -5.05. The molecular formula is C25H19ClF3N3O3S. The molecule has 0 saturated heterocycles. The van der Waals surface area contributed by atoms with Crippen molar-refractivity contribution in [2.75, 3.05) is 5.32 Å². The Hall–Kier alpha value is -3.63. The first kappa shape index (κ1) is 25.5. The molecule has 0 amide bonds. The highest BCUT2D eigenvalue weighted by Crippen LogP contribution is 2.29. The van der Waals surface area contributed by atoms with Gasteiger partial charge in [0.05, 0.1) is 5.56 Å². The highest BCUT2D eigenvalue weighted by Gasteiger charge is 2.40. The quantitative estimate of drug-likeness (QED) is 0.190. The van der Waals surface area contributed by atoms with Crippen LogP contribution in [0.3, 0.4) is 0 Å². The summed E-state index contributed by atoms with van der Waals surface area (Å²) >= 11 is 11.0. The van der Waals surface area contributed by atoms with Crippen molar-refractivity contribution in [2.24, 2.45) is 0 Å². The van der Waals surface area contributed by atoms with Gasteiger partial charge in [-0.1, -0.05) is 47.5 Å². The highest BCUT2D eigenvalue weighted by molar-refractivity contribution is 7.71. The number of ether oxygens (including phenoxy) is 1. The first-order valence-corrected chi connectivity index (χ1v) is 11.4. The van der Waals surface area contributed by atoms with Crippen LogP contribution in [0.15, 0.2) is 71.1 Å². The Morgan fingerprint density at radius 3 is 2.58 bits per heavy atom. The molecule has 0 atom stereocenters. The molecule has 0 aliphatic rings. The van der Waals surface area contributed by atoms with Gasteiger partial charge in [0.25, 0.3) is 10.6 Å². The maximum absolute atomic E-state index is 13.0. The second-order valence-electron chi connectivity index (χ2n) is 7.78. The molecule has 0 bridgehead atoms. The smallest absolute Gasteiger partial charge is 0.454 e. The predicted molar refractivity (Wildman–Crippen MR) is 132 cm³/mol. The van der Waals surface area contributed by atoms with Gasteiger partial charge in [-0.2, -0.15) is 13.2 Å². The average Bonchev–Trinajstić information content (AvgIpc) is 3.22. The summed E-state index contributed by atoms with van der Waals surface area (Å²) in [6, 6.07) is 18.6. The molecule has 4 aromatic rings. The van der Waals surface area contributed by atoms with E-state index in [1.54, 1.807) is 6.07 Å². The Balaban J connectivity index is 1.54. The molecule has 1 N–H and O–H groups in total. The molecule has 3 aromatic carbocycles. The van der Waals surface area contributed by atoms with E-state index in [-0.39, 0.29) is 34.7 Å². The largest absolute Gasteiger partial charge is 0.489 e. The van der Waals surface area contributed by atoms with Crippen LogP contribution in [0.4, 0.5) is 18.9 Å². The van der Waals surface area contributed by atoms with E-state index in [0.29, 0.717) is 11.3 Å². The zero-order valence-electron chi connectivity index (χ0n) is 18.8. The number of halogens is 4. The SMILES string of the molecule is Cc1ccc(OCc2ccccc2-c2nn(CNc3ccc(Cl)cc3C(=O)C(F)(F)F)c(=S)o2)cc1. The molecule has 0 aliphatic heterocycles. The number of anilines is 1. The number of aryl methyl sites for hydroxylation is 1.